The van der Waals surface area contributed by atoms with Crippen LogP contribution >= 0.6 is 0 Å². The highest BCUT2D eigenvalue weighted by molar-refractivity contribution is 6.02. The first-order chi connectivity index (χ1) is 44.3. The summed E-state index contributed by atoms with van der Waals surface area (Å²) in [4.78, 5) is 28.8. The third-order valence-electron chi connectivity index (χ3n) is 19.7. The Kier molecular flexibility index (Phi) is 46.7. The number of fused-ring (bicyclic) bond motifs is 2. The summed E-state index contributed by atoms with van der Waals surface area (Å²) in [6.45, 7) is 14.4. The molecule has 5 heteroatoms. The number of aryl methyl sites for hydroxylation is 3. The molecular formula is C85H140O5. The van der Waals surface area contributed by atoms with Crippen LogP contribution in [0.4, 0.5) is 0 Å². The summed E-state index contributed by atoms with van der Waals surface area (Å²) in [5, 5.41) is 2.18. The van der Waals surface area contributed by atoms with E-state index < -0.39 is 0 Å². The molecule has 1 aliphatic heterocycles. The lowest BCUT2D eigenvalue weighted by molar-refractivity contribution is 0.0495. The Bertz CT molecular complexity index is 2410. The SMILES string of the molecule is CCCCCCCCCCCC/C=c1/cc2c(cc1C)=C(c1ccc(C(=O)OCCCCCCCCCCCCCCCCCC)cc1C(=O)OCCCCCCCCCCCCCCCCCC)c1cc(C)c(CCCCCCCCCCCCC)cc1O2. The van der Waals surface area contributed by atoms with E-state index in [2.05, 4.69) is 71.9 Å². The van der Waals surface area contributed by atoms with E-state index in [0.717, 1.165) is 84.8 Å². The molecule has 0 radical (unpaired) electrons. The Morgan fingerprint density at radius 1 is 0.356 bits per heavy atom. The van der Waals surface area contributed by atoms with E-state index in [0.29, 0.717) is 24.3 Å². The molecule has 0 atom stereocenters. The van der Waals surface area contributed by atoms with E-state index in [9.17, 15) is 9.59 Å². The number of ether oxygens (including phenoxy) is 3. The molecule has 0 aliphatic carbocycles. The van der Waals surface area contributed by atoms with Gasteiger partial charge in [-0.15, -0.1) is 0 Å². The van der Waals surface area contributed by atoms with Crippen molar-refractivity contribution in [2.45, 2.75) is 395 Å². The van der Waals surface area contributed by atoms with Crippen LogP contribution in [0.5, 0.6) is 11.5 Å². The fourth-order valence-electron chi connectivity index (χ4n) is 13.8. The summed E-state index contributed by atoms with van der Waals surface area (Å²) in [6, 6.07) is 14.7. The van der Waals surface area contributed by atoms with Crippen molar-refractivity contribution in [1.29, 1.82) is 0 Å². The Labute approximate surface area is 555 Å². The lowest BCUT2D eigenvalue weighted by Gasteiger charge is -2.25. The topological polar surface area (TPSA) is 61.8 Å². The van der Waals surface area contributed by atoms with Gasteiger partial charge in [0.05, 0.1) is 24.3 Å². The van der Waals surface area contributed by atoms with Gasteiger partial charge in [-0.25, -0.2) is 9.59 Å². The molecule has 0 fully saturated rings. The van der Waals surface area contributed by atoms with Gasteiger partial charge < -0.3 is 14.2 Å². The number of rotatable bonds is 60. The Balaban J connectivity index is 1.49. The first-order valence-corrected chi connectivity index (χ1v) is 39.5. The van der Waals surface area contributed by atoms with Gasteiger partial charge in [0, 0.05) is 16.4 Å². The maximum Gasteiger partial charge on any atom is 0.338 e. The number of unbranched alkanes of at least 4 members (excludes halogenated alkanes) is 50. The lowest BCUT2D eigenvalue weighted by Crippen LogP contribution is -2.23. The molecule has 90 heavy (non-hydrogen) atoms. The number of carbonyl (C=O) groups is 2. The second kappa shape index (κ2) is 53.5. The van der Waals surface area contributed by atoms with E-state index in [1.165, 1.54) is 324 Å². The van der Waals surface area contributed by atoms with Gasteiger partial charge in [0.25, 0.3) is 0 Å². The van der Waals surface area contributed by atoms with E-state index in [-0.39, 0.29) is 11.9 Å². The molecule has 1 heterocycles. The third-order valence-corrected chi connectivity index (χ3v) is 19.7. The minimum atomic E-state index is -0.386. The van der Waals surface area contributed by atoms with Crippen LogP contribution in [0.15, 0.2) is 42.5 Å². The summed E-state index contributed by atoms with van der Waals surface area (Å²) < 4.78 is 19.3. The predicted octanol–water partition coefficient (Wildman–Crippen LogP) is 26.4. The maximum absolute atomic E-state index is 14.8. The predicted molar refractivity (Wildman–Crippen MR) is 390 cm³/mol. The zero-order valence-electron chi connectivity index (χ0n) is 60.0. The van der Waals surface area contributed by atoms with E-state index in [4.69, 9.17) is 14.2 Å². The Morgan fingerprint density at radius 3 is 1.13 bits per heavy atom. The van der Waals surface area contributed by atoms with E-state index >= 15 is 0 Å². The molecule has 3 aromatic carbocycles. The molecule has 4 rings (SSSR count). The first kappa shape index (κ1) is 78.6. The van der Waals surface area contributed by atoms with Crippen molar-refractivity contribution in [3.63, 3.8) is 0 Å². The molecule has 0 saturated carbocycles. The molecule has 1 aliphatic rings. The van der Waals surface area contributed by atoms with Crippen molar-refractivity contribution in [3.8, 4) is 11.5 Å². The molecule has 510 valence electrons. The van der Waals surface area contributed by atoms with Crippen LogP contribution in [0.25, 0.3) is 11.6 Å². The zero-order chi connectivity index (χ0) is 64.2. The van der Waals surface area contributed by atoms with Crippen molar-refractivity contribution < 1.29 is 23.8 Å². The van der Waals surface area contributed by atoms with Crippen LogP contribution in [0.1, 0.15) is 423 Å². The summed E-state index contributed by atoms with van der Waals surface area (Å²) in [7, 11) is 0. The van der Waals surface area contributed by atoms with Crippen LogP contribution in [0, 0.1) is 13.8 Å². The van der Waals surface area contributed by atoms with Crippen molar-refractivity contribution in [2.24, 2.45) is 0 Å². The summed E-state index contributed by atoms with van der Waals surface area (Å²) >= 11 is 0. The van der Waals surface area contributed by atoms with Gasteiger partial charge in [0.15, 0.2) is 0 Å². The summed E-state index contributed by atoms with van der Waals surface area (Å²) in [5.74, 6) is 0.883. The lowest BCUT2D eigenvalue weighted by atomic mass is 9.86. The van der Waals surface area contributed by atoms with Crippen molar-refractivity contribution in [1.82, 2.24) is 0 Å². The average molecular weight is 1240 g/mol. The van der Waals surface area contributed by atoms with Crippen LogP contribution in [0.2, 0.25) is 0 Å². The first-order valence-electron chi connectivity index (χ1n) is 39.5. The third kappa shape index (κ3) is 34.9. The van der Waals surface area contributed by atoms with Gasteiger partial charge in [-0.2, -0.15) is 0 Å². The van der Waals surface area contributed by atoms with Crippen LogP contribution in [-0.2, 0) is 15.9 Å². The average Bonchev–Trinajstić information content (AvgIpc) is 0.764. The van der Waals surface area contributed by atoms with Gasteiger partial charge in [-0.3, -0.25) is 0 Å². The van der Waals surface area contributed by atoms with Crippen LogP contribution < -0.4 is 15.2 Å². The smallest absolute Gasteiger partial charge is 0.338 e. The van der Waals surface area contributed by atoms with Gasteiger partial charge in [0.2, 0.25) is 0 Å². The number of carbonyl (C=O) groups excluding carboxylic acids is 2. The van der Waals surface area contributed by atoms with Crippen LogP contribution in [0.3, 0.4) is 0 Å². The molecule has 0 N–H and O–H groups in total. The van der Waals surface area contributed by atoms with Gasteiger partial charge in [0.1, 0.15) is 11.5 Å². The second-order valence-corrected chi connectivity index (χ2v) is 28.1. The molecule has 0 aromatic heterocycles. The highest BCUT2D eigenvalue weighted by Crippen LogP contribution is 2.40. The quantitative estimate of drug-likeness (QED) is 0.0326. The van der Waals surface area contributed by atoms with Crippen molar-refractivity contribution in [2.75, 3.05) is 13.2 Å². The Hall–Kier alpha value is -3.86. The number of benzene rings is 3. The van der Waals surface area contributed by atoms with E-state index in [1.54, 1.807) is 6.07 Å². The highest BCUT2D eigenvalue weighted by Gasteiger charge is 2.27. The Morgan fingerprint density at radius 2 is 0.722 bits per heavy atom. The normalized spacial score (nSPS) is 12.2. The number of hydrogen-bond acceptors (Lipinski definition) is 5. The largest absolute Gasteiger partial charge is 0.462 e. The van der Waals surface area contributed by atoms with Crippen molar-refractivity contribution in [3.05, 3.63) is 91.8 Å². The molecule has 0 bridgehead atoms. The molecule has 5 nitrogen and oxygen atoms in total. The maximum atomic E-state index is 14.8. The summed E-state index contributed by atoms with van der Waals surface area (Å²) in [6.07, 6.45) is 73.9. The molecule has 0 unspecified atom stereocenters. The molecular weight excluding hydrogens is 1100 g/mol. The monoisotopic (exact) mass is 1240 g/mol. The van der Waals surface area contributed by atoms with Gasteiger partial charge in [-0.05, 0) is 116 Å². The number of hydrogen-bond donors (Lipinski definition) is 0. The van der Waals surface area contributed by atoms with Crippen molar-refractivity contribution >= 4 is 23.6 Å². The van der Waals surface area contributed by atoms with Gasteiger partial charge in [-0.1, -0.05) is 354 Å². The second-order valence-electron chi connectivity index (χ2n) is 28.1. The zero-order valence-corrected chi connectivity index (χ0v) is 60.0. The molecule has 0 spiro atoms. The van der Waals surface area contributed by atoms with Gasteiger partial charge >= 0.3 is 11.9 Å². The molecule has 0 amide bonds. The standard InChI is InChI=1S/C85H140O5/c1-7-11-15-19-23-27-31-33-35-37-39-43-47-51-55-59-65-88-84(86)76-63-64-77(78(69-76)85(87)89-66-60-56-52-48-44-40-38-36-34-32-28-24-20-16-12-8-2)83-79-67-72(5)74(61-57-53-49-45-41-29-25-21-17-13-9-3)70-81(79)90-82-71-75(73(6)68-80(82)83)62-58-54-50-46-42-30-26-22-18-14-10-4/h61,63-64,67-71H,7-60,62,65-66H2,1-6H3/b74-61-. The van der Waals surface area contributed by atoms with E-state index in [1.807, 2.05) is 12.1 Å². The fraction of sp³-hybridized carbons (Fsp3) is 0.741. The summed E-state index contributed by atoms with van der Waals surface area (Å²) in [5.41, 5.74) is 7.28. The fourth-order valence-corrected chi connectivity index (χ4v) is 13.8. The molecule has 0 saturated heterocycles. The minimum Gasteiger partial charge on any atom is -0.462 e. The van der Waals surface area contributed by atoms with Crippen LogP contribution in [-0.4, -0.2) is 25.2 Å². The highest BCUT2D eigenvalue weighted by atomic mass is 16.5. The number of esters is 2. The minimum absolute atomic E-state index is 0.356. The molecule has 3 aromatic rings.